The lowest BCUT2D eigenvalue weighted by molar-refractivity contribution is -0.117. The molecule has 1 aliphatic rings. The summed E-state index contributed by atoms with van der Waals surface area (Å²) in [6.45, 7) is 1.61. The molecule has 0 bridgehead atoms. The topological polar surface area (TPSA) is 75.4 Å². The van der Waals surface area contributed by atoms with Gasteiger partial charge in [0.05, 0.1) is 0 Å². The first-order valence-corrected chi connectivity index (χ1v) is 8.60. The monoisotopic (exact) mass is 340 g/mol. The predicted octanol–water partition coefficient (Wildman–Crippen LogP) is 1.59. The second-order valence-corrected chi connectivity index (χ2v) is 6.59. The first-order valence-electron chi connectivity index (χ1n) is 7.72. The molecule has 8 heteroatoms. The van der Waals surface area contributed by atoms with E-state index in [9.17, 15) is 4.79 Å². The van der Waals surface area contributed by atoms with Crippen LogP contribution in [-0.2, 0) is 4.79 Å². The Balaban J connectivity index is 1.36. The summed E-state index contributed by atoms with van der Waals surface area (Å²) in [4.78, 5) is 15.3. The number of hydrogen-bond donors (Lipinski definition) is 1. The van der Waals surface area contributed by atoms with Crippen molar-refractivity contribution in [1.29, 1.82) is 0 Å². The molecule has 1 unspecified atom stereocenters. The fourth-order valence-corrected chi connectivity index (χ4v) is 3.38. The van der Waals surface area contributed by atoms with Crippen LogP contribution < -0.4 is 10.2 Å². The molecule has 0 radical (unpaired) electrons. The SMILES string of the molecule is O=C(C=Cc1cccs1)NC1CCN(c2ccc3nncn3n2)C1. The normalized spacial score (nSPS) is 17.8. The van der Waals surface area contributed by atoms with E-state index >= 15 is 0 Å². The summed E-state index contributed by atoms with van der Waals surface area (Å²) < 4.78 is 1.66. The molecule has 1 aliphatic heterocycles. The third kappa shape index (κ3) is 3.13. The molecule has 4 rings (SSSR count). The average Bonchev–Trinajstić information content (AvgIpc) is 3.33. The van der Waals surface area contributed by atoms with E-state index in [0.29, 0.717) is 0 Å². The maximum atomic E-state index is 12.0. The molecule has 0 aliphatic carbocycles. The fraction of sp³-hybridized carbons (Fsp3) is 0.250. The van der Waals surface area contributed by atoms with Gasteiger partial charge in [0.25, 0.3) is 0 Å². The van der Waals surface area contributed by atoms with Gasteiger partial charge in [-0.15, -0.1) is 26.6 Å². The van der Waals surface area contributed by atoms with Gasteiger partial charge in [-0.2, -0.15) is 4.52 Å². The van der Waals surface area contributed by atoms with Crippen LogP contribution in [0, 0.1) is 0 Å². The van der Waals surface area contributed by atoms with E-state index in [1.54, 1.807) is 28.3 Å². The van der Waals surface area contributed by atoms with Crippen molar-refractivity contribution in [3.05, 3.63) is 46.9 Å². The van der Waals surface area contributed by atoms with E-state index in [0.717, 1.165) is 35.9 Å². The molecule has 24 heavy (non-hydrogen) atoms. The molecule has 1 atom stereocenters. The number of anilines is 1. The molecule has 122 valence electrons. The lowest BCUT2D eigenvalue weighted by Gasteiger charge is -2.17. The maximum Gasteiger partial charge on any atom is 0.244 e. The summed E-state index contributed by atoms with van der Waals surface area (Å²) in [6.07, 6.45) is 5.92. The molecule has 3 aromatic heterocycles. The zero-order valence-electron chi connectivity index (χ0n) is 12.9. The van der Waals surface area contributed by atoms with Gasteiger partial charge < -0.3 is 10.2 Å². The highest BCUT2D eigenvalue weighted by molar-refractivity contribution is 7.10. The number of aromatic nitrogens is 4. The Labute approximate surface area is 142 Å². The molecule has 0 aromatic carbocycles. The van der Waals surface area contributed by atoms with Crippen molar-refractivity contribution in [3.8, 4) is 0 Å². The van der Waals surface area contributed by atoms with E-state index in [1.165, 1.54) is 0 Å². The number of hydrogen-bond acceptors (Lipinski definition) is 6. The van der Waals surface area contributed by atoms with Crippen LogP contribution in [0.3, 0.4) is 0 Å². The Kier molecular flexibility index (Phi) is 3.96. The zero-order chi connectivity index (χ0) is 16.4. The van der Waals surface area contributed by atoms with Crippen molar-refractivity contribution in [2.75, 3.05) is 18.0 Å². The molecule has 7 nitrogen and oxygen atoms in total. The summed E-state index contributed by atoms with van der Waals surface area (Å²) in [6, 6.07) is 7.91. The highest BCUT2D eigenvalue weighted by atomic mass is 32.1. The van der Waals surface area contributed by atoms with Crippen molar-refractivity contribution in [1.82, 2.24) is 25.1 Å². The number of carbonyl (C=O) groups excluding carboxylic acids is 1. The molecule has 1 fully saturated rings. The lowest BCUT2D eigenvalue weighted by atomic mass is 10.2. The van der Waals surface area contributed by atoms with Crippen LogP contribution in [0.25, 0.3) is 11.7 Å². The van der Waals surface area contributed by atoms with Crippen molar-refractivity contribution >= 4 is 34.8 Å². The first kappa shape index (κ1) is 14.8. The van der Waals surface area contributed by atoms with E-state index in [2.05, 4.69) is 25.5 Å². The van der Waals surface area contributed by atoms with Crippen LogP contribution in [0.5, 0.6) is 0 Å². The lowest BCUT2D eigenvalue weighted by Crippen LogP contribution is -2.36. The molecule has 3 aromatic rings. The minimum Gasteiger partial charge on any atom is -0.353 e. The zero-order valence-corrected chi connectivity index (χ0v) is 13.7. The fourth-order valence-electron chi connectivity index (χ4n) is 2.77. The summed E-state index contributed by atoms with van der Waals surface area (Å²) in [5.41, 5.74) is 0.724. The predicted molar refractivity (Wildman–Crippen MR) is 92.9 cm³/mol. The van der Waals surface area contributed by atoms with Crippen LogP contribution in [0.1, 0.15) is 11.3 Å². The van der Waals surface area contributed by atoms with Crippen molar-refractivity contribution in [2.45, 2.75) is 12.5 Å². The van der Waals surface area contributed by atoms with Gasteiger partial charge in [0.2, 0.25) is 5.91 Å². The Bertz CT molecular complexity index is 872. The number of carbonyl (C=O) groups is 1. The first-order chi connectivity index (χ1) is 11.8. The summed E-state index contributed by atoms with van der Waals surface area (Å²) in [5, 5.41) is 17.3. The van der Waals surface area contributed by atoms with Gasteiger partial charge >= 0.3 is 0 Å². The molecule has 0 saturated carbocycles. The number of nitrogens with one attached hydrogen (secondary N) is 1. The van der Waals surface area contributed by atoms with Gasteiger partial charge in [0.15, 0.2) is 5.65 Å². The second-order valence-electron chi connectivity index (χ2n) is 5.61. The Morgan fingerprint density at radius 2 is 2.33 bits per heavy atom. The van der Waals surface area contributed by atoms with Gasteiger partial charge in [0.1, 0.15) is 12.1 Å². The summed E-state index contributed by atoms with van der Waals surface area (Å²) >= 11 is 1.61. The Morgan fingerprint density at radius 3 is 3.21 bits per heavy atom. The molecule has 1 saturated heterocycles. The molecule has 1 amide bonds. The van der Waals surface area contributed by atoms with Gasteiger partial charge in [-0.3, -0.25) is 4.79 Å². The van der Waals surface area contributed by atoms with Crippen LogP contribution in [0.2, 0.25) is 0 Å². The smallest absolute Gasteiger partial charge is 0.244 e. The minimum absolute atomic E-state index is 0.0579. The Hall–Kier alpha value is -2.74. The third-order valence-electron chi connectivity index (χ3n) is 3.95. The van der Waals surface area contributed by atoms with Crippen LogP contribution in [0.15, 0.2) is 42.0 Å². The van der Waals surface area contributed by atoms with Crippen molar-refractivity contribution in [3.63, 3.8) is 0 Å². The standard InChI is InChI=1S/C16H16N6OS/c23-16(6-3-13-2-1-9-24-13)18-12-7-8-21(10-12)15-5-4-14-19-17-11-22(14)20-15/h1-6,9,11-12H,7-8,10H2,(H,18,23). The largest absolute Gasteiger partial charge is 0.353 e. The highest BCUT2D eigenvalue weighted by Gasteiger charge is 2.24. The highest BCUT2D eigenvalue weighted by Crippen LogP contribution is 2.18. The summed E-state index contributed by atoms with van der Waals surface area (Å²) in [7, 11) is 0. The number of nitrogens with zero attached hydrogens (tertiary/aromatic N) is 5. The van der Waals surface area contributed by atoms with Gasteiger partial charge in [-0.1, -0.05) is 6.07 Å². The van der Waals surface area contributed by atoms with Gasteiger partial charge in [-0.05, 0) is 36.1 Å². The van der Waals surface area contributed by atoms with Crippen molar-refractivity contribution in [2.24, 2.45) is 0 Å². The Morgan fingerprint density at radius 1 is 1.38 bits per heavy atom. The van der Waals surface area contributed by atoms with Gasteiger partial charge in [-0.25, -0.2) is 0 Å². The number of thiophene rings is 1. The van der Waals surface area contributed by atoms with E-state index < -0.39 is 0 Å². The number of amides is 1. The quantitative estimate of drug-likeness (QED) is 0.730. The van der Waals surface area contributed by atoms with Crippen LogP contribution in [-0.4, -0.2) is 44.8 Å². The molecular weight excluding hydrogens is 324 g/mol. The van der Waals surface area contributed by atoms with Crippen LogP contribution in [0.4, 0.5) is 5.82 Å². The molecule has 0 spiro atoms. The van der Waals surface area contributed by atoms with Crippen LogP contribution >= 0.6 is 11.3 Å². The average molecular weight is 340 g/mol. The molecule has 4 heterocycles. The molecular formula is C16H16N6OS. The van der Waals surface area contributed by atoms with E-state index in [1.807, 2.05) is 35.7 Å². The third-order valence-corrected chi connectivity index (χ3v) is 4.79. The number of fused-ring (bicyclic) bond motifs is 1. The van der Waals surface area contributed by atoms with E-state index in [4.69, 9.17) is 0 Å². The van der Waals surface area contributed by atoms with Gasteiger partial charge in [0, 0.05) is 30.1 Å². The molecule has 1 N–H and O–H groups in total. The summed E-state index contributed by atoms with van der Waals surface area (Å²) in [5.74, 6) is 0.811. The maximum absolute atomic E-state index is 12.0. The second kappa shape index (κ2) is 6.40. The minimum atomic E-state index is -0.0579. The number of rotatable bonds is 4. The van der Waals surface area contributed by atoms with E-state index in [-0.39, 0.29) is 11.9 Å². The van der Waals surface area contributed by atoms with Crippen molar-refractivity contribution < 1.29 is 4.79 Å².